The molecule has 3 aromatic carbocycles. The zero-order chi connectivity index (χ0) is 23.6. The maximum atomic E-state index is 13.5. The second-order valence-electron chi connectivity index (χ2n) is 7.95. The standard InChI is InChI=1S/C23H17F6N3/c1-10(2)11-3-4-12-8-17-19(21(31)32-20(17)30)18(16(12)7-11)13-5-14(22(24,25)26)9-15(6-13)23(27,28)29/h3-10H,1-2H3,(H3,30,31,32). The number of hydrogen-bond donors (Lipinski definition) is 2. The molecular formula is C23H17F6N3. The van der Waals surface area contributed by atoms with Gasteiger partial charge < -0.3 is 5.73 Å². The van der Waals surface area contributed by atoms with Crippen molar-refractivity contribution in [3.05, 3.63) is 70.3 Å². The molecule has 166 valence electrons. The number of nitrogens with zero attached hydrogens (tertiary/aromatic N) is 1. The molecule has 4 rings (SSSR count). The molecule has 0 radical (unpaired) electrons. The molecule has 0 bridgehead atoms. The normalized spacial score (nSPS) is 14.3. The van der Waals surface area contributed by atoms with E-state index in [0.717, 1.165) is 5.56 Å². The van der Waals surface area contributed by atoms with Crippen molar-refractivity contribution in [2.24, 2.45) is 10.7 Å². The van der Waals surface area contributed by atoms with Crippen molar-refractivity contribution in [1.82, 2.24) is 0 Å². The number of benzene rings is 3. The SMILES string of the molecule is CC(C)c1ccc2cc3c(c(-c4cc(C(F)(F)F)cc(C(F)(F)F)c4)c2c1)C(N)=NC3=N. The lowest BCUT2D eigenvalue weighted by Crippen LogP contribution is -2.14. The lowest BCUT2D eigenvalue weighted by molar-refractivity contribution is -0.143. The predicted octanol–water partition coefficient (Wildman–Crippen LogP) is 6.71. The summed E-state index contributed by atoms with van der Waals surface area (Å²) in [7, 11) is 0. The summed E-state index contributed by atoms with van der Waals surface area (Å²) < 4.78 is 81.0. The third-order valence-corrected chi connectivity index (χ3v) is 5.45. The first kappa shape index (κ1) is 21.9. The fraction of sp³-hybridized carbons (Fsp3) is 0.217. The molecule has 0 amide bonds. The Kier molecular flexibility index (Phi) is 4.84. The number of aliphatic imine (C=N–C) groups is 1. The maximum absolute atomic E-state index is 13.5. The first-order valence-corrected chi connectivity index (χ1v) is 9.61. The molecule has 0 aromatic heterocycles. The lowest BCUT2D eigenvalue weighted by Gasteiger charge is -2.19. The first-order valence-electron chi connectivity index (χ1n) is 9.61. The minimum Gasteiger partial charge on any atom is -0.383 e. The smallest absolute Gasteiger partial charge is 0.383 e. The summed E-state index contributed by atoms with van der Waals surface area (Å²) in [5.74, 6) is -0.253. The molecule has 0 aliphatic carbocycles. The van der Waals surface area contributed by atoms with E-state index in [-0.39, 0.29) is 45.9 Å². The van der Waals surface area contributed by atoms with Crippen molar-refractivity contribution in [2.45, 2.75) is 32.1 Å². The van der Waals surface area contributed by atoms with Gasteiger partial charge in [-0.2, -0.15) is 26.3 Å². The number of fused-ring (bicyclic) bond motifs is 2. The number of nitrogens with one attached hydrogen (secondary N) is 1. The minimum atomic E-state index is -4.99. The van der Waals surface area contributed by atoms with Crippen LogP contribution in [0.15, 0.2) is 47.5 Å². The second-order valence-corrected chi connectivity index (χ2v) is 7.95. The molecule has 0 saturated carbocycles. The van der Waals surface area contributed by atoms with E-state index in [4.69, 9.17) is 11.1 Å². The average Bonchev–Trinajstić information content (AvgIpc) is 2.97. The molecule has 1 aliphatic rings. The Balaban J connectivity index is 2.17. The molecule has 3 aromatic rings. The van der Waals surface area contributed by atoms with Gasteiger partial charge in [-0.25, -0.2) is 4.99 Å². The first-order chi connectivity index (χ1) is 14.8. The summed E-state index contributed by atoms with van der Waals surface area (Å²) in [6, 6.07) is 8.38. The van der Waals surface area contributed by atoms with Gasteiger partial charge in [-0.05, 0) is 52.1 Å². The highest BCUT2D eigenvalue weighted by Gasteiger charge is 2.38. The van der Waals surface area contributed by atoms with Gasteiger partial charge in [0.25, 0.3) is 0 Å². The number of nitrogens with two attached hydrogens (primary N) is 1. The Morgan fingerprint density at radius 3 is 1.97 bits per heavy atom. The van der Waals surface area contributed by atoms with E-state index in [1.165, 1.54) is 0 Å². The minimum absolute atomic E-state index is 0.0667. The average molecular weight is 449 g/mol. The number of halogens is 6. The summed E-state index contributed by atoms with van der Waals surface area (Å²) in [5, 5.41) is 9.06. The zero-order valence-electron chi connectivity index (χ0n) is 16.9. The van der Waals surface area contributed by atoms with Crippen LogP contribution < -0.4 is 5.73 Å². The molecule has 32 heavy (non-hydrogen) atoms. The fourth-order valence-electron chi connectivity index (χ4n) is 3.86. The van der Waals surface area contributed by atoms with Gasteiger partial charge in [-0.15, -0.1) is 0 Å². The predicted molar refractivity (Wildman–Crippen MR) is 111 cm³/mol. The Morgan fingerprint density at radius 2 is 1.44 bits per heavy atom. The van der Waals surface area contributed by atoms with Crippen molar-refractivity contribution >= 4 is 22.4 Å². The third-order valence-electron chi connectivity index (χ3n) is 5.45. The van der Waals surface area contributed by atoms with Crippen LogP contribution in [0, 0.1) is 5.41 Å². The number of amidine groups is 2. The fourth-order valence-corrected chi connectivity index (χ4v) is 3.86. The molecule has 0 atom stereocenters. The van der Waals surface area contributed by atoms with Crippen LogP contribution in [-0.4, -0.2) is 11.7 Å². The molecule has 3 nitrogen and oxygen atoms in total. The van der Waals surface area contributed by atoms with E-state index in [1.54, 1.807) is 18.2 Å². The van der Waals surface area contributed by atoms with E-state index in [2.05, 4.69) is 4.99 Å². The molecule has 1 aliphatic heterocycles. The molecule has 1 heterocycles. The van der Waals surface area contributed by atoms with Crippen molar-refractivity contribution in [1.29, 1.82) is 5.41 Å². The van der Waals surface area contributed by atoms with Crippen LogP contribution in [0.25, 0.3) is 21.9 Å². The molecule has 0 spiro atoms. The van der Waals surface area contributed by atoms with Crippen LogP contribution >= 0.6 is 0 Å². The van der Waals surface area contributed by atoms with E-state index >= 15 is 0 Å². The van der Waals surface area contributed by atoms with Crippen molar-refractivity contribution in [2.75, 3.05) is 0 Å². The quantitative estimate of drug-likeness (QED) is 0.420. The monoisotopic (exact) mass is 449 g/mol. The van der Waals surface area contributed by atoms with E-state index in [9.17, 15) is 26.3 Å². The van der Waals surface area contributed by atoms with Crippen LogP contribution in [0.4, 0.5) is 26.3 Å². The summed E-state index contributed by atoms with van der Waals surface area (Å²) in [4.78, 5) is 3.90. The van der Waals surface area contributed by atoms with Crippen molar-refractivity contribution in [3.63, 3.8) is 0 Å². The van der Waals surface area contributed by atoms with Crippen LogP contribution in [0.2, 0.25) is 0 Å². The van der Waals surface area contributed by atoms with Gasteiger partial charge in [-0.1, -0.05) is 32.0 Å². The largest absolute Gasteiger partial charge is 0.416 e. The highest BCUT2D eigenvalue weighted by Crippen LogP contribution is 2.43. The maximum Gasteiger partial charge on any atom is 0.416 e. The highest BCUT2D eigenvalue weighted by molar-refractivity contribution is 6.27. The number of hydrogen-bond acceptors (Lipinski definition) is 2. The van der Waals surface area contributed by atoms with Gasteiger partial charge >= 0.3 is 12.4 Å². The van der Waals surface area contributed by atoms with Gasteiger partial charge in [0.05, 0.1) is 11.1 Å². The summed E-state index contributed by atoms with van der Waals surface area (Å²) in [5.41, 5.74) is 4.22. The third kappa shape index (κ3) is 3.61. The van der Waals surface area contributed by atoms with Gasteiger partial charge in [0.15, 0.2) is 5.84 Å². The Bertz CT molecular complexity index is 1270. The summed E-state index contributed by atoms with van der Waals surface area (Å²) in [6.07, 6.45) is -9.97. The number of alkyl halides is 6. The second kappa shape index (κ2) is 7.08. The Labute approximate surface area is 179 Å². The molecule has 3 N–H and O–H groups in total. The van der Waals surface area contributed by atoms with Gasteiger partial charge in [0.1, 0.15) is 5.84 Å². The topological polar surface area (TPSA) is 62.2 Å². The highest BCUT2D eigenvalue weighted by atomic mass is 19.4. The number of rotatable bonds is 2. The zero-order valence-corrected chi connectivity index (χ0v) is 16.9. The molecular weight excluding hydrogens is 432 g/mol. The Morgan fingerprint density at radius 1 is 0.844 bits per heavy atom. The summed E-state index contributed by atoms with van der Waals surface area (Å²) >= 11 is 0. The lowest BCUT2D eigenvalue weighted by atomic mass is 9.86. The Hall–Kier alpha value is -3.36. The van der Waals surface area contributed by atoms with Gasteiger partial charge in [0, 0.05) is 16.7 Å². The molecule has 9 heteroatoms. The van der Waals surface area contributed by atoms with E-state index < -0.39 is 23.5 Å². The molecule has 0 saturated heterocycles. The van der Waals surface area contributed by atoms with Crippen LogP contribution in [-0.2, 0) is 12.4 Å². The van der Waals surface area contributed by atoms with E-state index in [1.807, 2.05) is 19.9 Å². The van der Waals surface area contributed by atoms with E-state index in [0.29, 0.717) is 22.9 Å². The van der Waals surface area contributed by atoms with Gasteiger partial charge in [-0.3, -0.25) is 5.41 Å². The molecule has 0 unspecified atom stereocenters. The van der Waals surface area contributed by atoms with Gasteiger partial charge in [0.2, 0.25) is 0 Å². The van der Waals surface area contributed by atoms with Crippen LogP contribution in [0.1, 0.15) is 47.6 Å². The van der Waals surface area contributed by atoms with Crippen LogP contribution in [0.3, 0.4) is 0 Å². The molecule has 0 fully saturated rings. The van der Waals surface area contributed by atoms with Crippen molar-refractivity contribution in [3.8, 4) is 11.1 Å². The van der Waals surface area contributed by atoms with Crippen molar-refractivity contribution < 1.29 is 26.3 Å². The summed E-state index contributed by atoms with van der Waals surface area (Å²) in [6.45, 7) is 3.84. The van der Waals surface area contributed by atoms with Crippen LogP contribution in [0.5, 0.6) is 0 Å².